The van der Waals surface area contributed by atoms with Crippen molar-refractivity contribution in [2.75, 3.05) is 29.9 Å². The molecule has 4 rings (SSSR count). The number of aromatic nitrogens is 2. The topological polar surface area (TPSA) is 41.1 Å². The summed E-state index contributed by atoms with van der Waals surface area (Å²) in [7, 11) is 0. The van der Waals surface area contributed by atoms with E-state index in [1.165, 1.54) is 18.9 Å². The number of hydrogen-bond donors (Lipinski definition) is 1. The molecule has 0 aliphatic carbocycles. The maximum Gasteiger partial charge on any atom is 0.225 e. The Hall–Kier alpha value is -2.95. The molecule has 0 unspecified atom stereocenters. The lowest BCUT2D eigenvalue weighted by Gasteiger charge is -2.18. The van der Waals surface area contributed by atoms with Crippen LogP contribution in [-0.4, -0.2) is 29.6 Å². The van der Waals surface area contributed by atoms with Crippen LogP contribution in [0.5, 0.6) is 0 Å². The van der Waals surface area contributed by atoms with Crippen molar-refractivity contribution in [3.63, 3.8) is 0 Å². The zero-order chi connectivity index (χ0) is 18.5. The number of rotatable bonds is 6. The molecule has 5 heteroatoms. The van der Waals surface area contributed by atoms with Gasteiger partial charge in [0, 0.05) is 31.3 Å². The third kappa shape index (κ3) is 4.25. The minimum absolute atomic E-state index is 0.170. The minimum Gasteiger partial charge on any atom is -0.356 e. The molecule has 1 aliphatic heterocycles. The van der Waals surface area contributed by atoms with Crippen LogP contribution in [0.15, 0.2) is 60.7 Å². The van der Waals surface area contributed by atoms with Crippen LogP contribution in [0.2, 0.25) is 0 Å². The van der Waals surface area contributed by atoms with Crippen molar-refractivity contribution in [3.8, 4) is 11.3 Å². The van der Waals surface area contributed by atoms with E-state index < -0.39 is 0 Å². The van der Waals surface area contributed by atoms with E-state index in [2.05, 4.69) is 33.4 Å². The second-order valence-electron chi connectivity index (χ2n) is 6.76. The first-order valence-electron chi connectivity index (χ1n) is 9.46. The predicted molar refractivity (Wildman–Crippen MR) is 108 cm³/mol. The fourth-order valence-corrected chi connectivity index (χ4v) is 3.39. The Morgan fingerprint density at radius 2 is 1.67 bits per heavy atom. The fraction of sp³-hybridized carbons (Fsp3) is 0.273. The summed E-state index contributed by atoms with van der Waals surface area (Å²) in [5.41, 5.74) is 2.67. The molecule has 0 atom stereocenters. The number of hydrogen-bond acceptors (Lipinski definition) is 4. The highest BCUT2D eigenvalue weighted by molar-refractivity contribution is 5.65. The molecule has 1 N–H and O–H groups in total. The van der Waals surface area contributed by atoms with Crippen molar-refractivity contribution in [1.29, 1.82) is 0 Å². The number of nitrogens with one attached hydrogen (secondary N) is 1. The first kappa shape index (κ1) is 17.5. The van der Waals surface area contributed by atoms with Crippen LogP contribution in [-0.2, 0) is 6.42 Å². The van der Waals surface area contributed by atoms with Gasteiger partial charge in [-0.3, -0.25) is 0 Å². The average Bonchev–Trinajstić information content (AvgIpc) is 3.25. The predicted octanol–water partition coefficient (Wildman–Crippen LogP) is 4.54. The van der Waals surface area contributed by atoms with Crippen LogP contribution in [0, 0.1) is 5.82 Å². The van der Waals surface area contributed by atoms with Gasteiger partial charge in [0.15, 0.2) is 0 Å². The van der Waals surface area contributed by atoms with Gasteiger partial charge in [-0.1, -0.05) is 48.5 Å². The summed E-state index contributed by atoms with van der Waals surface area (Å²) < 4.78 is 13.8. The second kappa shape index (κ2) is 8.16. The van der Waals surface area contributed by atoms with Crippen LogP contribution >= 0.6 is 0 Å². The summed E-state index contributed by atoms with van der Waals surface area (Å²) in [6.45, 7) is 2.64. The third-order valence-corrected chi connectivity index (χ3v) is 4.85. The molecule has 1 aliphatic rings. The Labute approximate surface area is 159 Å². The van der Waals surface area contributed by atoms with E-state index in [4.69, 9.17) is 4.98 Å². The van der Waals surface area contributed by atoms with Gasteiger partial charge in [-0.25, -0.2) is 9.37 Å². The van der Waals surface area contributed by atoms with Crippen LogP contribution in [0.1, 0.15) is 18.4 Å². The lowest BCUT2D eigenvalue weighted by molar-refractivity contribution is 0.610. The Bertz CT molecular complexity index is 892. The molecular formula is C22H23FN4. The molecule has 0 bridgehead atoms. The van der Waals surface area contributed by atoms with Crippen molar-refractivity contribution >= 4 is 11.8 Å². The molecule has 1 aromatic heterocycles. The van der Waals surface area contributed by atoms with Gasteiger partial charge in [-0.15, -0.1) is 0 Å². The van der Waals surface area contributed by atoms with E-state index in [9.17, 15) is 4.39 Å². The maximum absolute atomic E-state index is 13.8. The van der Waals surface area contributed by atoms with Crippen molar-refractivity contribution < 1.29 is 4.39 Å². The Balaban J connectivity index is 1.55. The molecule has 0 amide bonds. The molecule has 1 saturated heterocycles. The SMILES string of the molecule is Fc1ccccc1CCNc1nc(-c2ccccc2)cc(N2CCCC2)n1. The summed E-state index contributed by atoms with van der Waals surface area (Å²) in [6.07, 6.45) is 2.98. The van der Waals surface area contributed by atoms with E-state index in [-0.39, 0.29) is 5.82 Å². The molecule has 0 saturated carbocycles. The van der Waals surface area contributed by atoms with Crippen LogP contribution in [0.4, 0.5) is 16.2 Å². The van der Waals surface area contributed by atoms with Gasteiger partial charge < -0.3 is 10.2 Å². The fourth-order valence-electron chi connectivity index (χ4n) is 3.39. The average molecular weight is 362 g/mol. The first-order chi connectivity index (χ1) is 13.3. The van der Waals surface area contributed by atoms with Gasteiger partial charge in [0.25, 0.3) is 0 Å². The van der Waals surface area contributed by atoms with E-state index in [1.807, 2.05) is 30.3 Å². The lowest BCUT2D eigenvalue weighted by Crippen LogP contribution is -2.20. The quantitative estimate of drug-likeness (QED) is 0.699. The van der Waals surface area contributed by atoms with E-state index in [0.29, 0.717) is 24.5 Å². The molecule has 1 fully saturated rings. The second-order valence-corrected chi connectivity index (χ2v) is 6.76. The van der Waals surface area contributed by atoms with Crippen molar-refractivity contribution in [2.45, 2.75) is 19.3 Å². The number of benzene rings is 2. The number of halogens is 1. The molecule has 0 radical (unpaired) electrons. The molecule has 2 heterocycles. The molecule has 0 spiro atoms. The van der Waals surface area contributed by atoms with Crippen LogP contribution < -0.4 is 10.2 Å². The monoisotopic (exact) mass is 362 g/mol. The highest BCUT2D eigenvalue weighted by atomic mass is 19.1. The molecule has 3 aromatic rings. The van der Waals surface area contributed by atoms with Gasteiger partial charge in [-0.05, 0) is 30.9 Å². The van der Waals surface area contributed by atoms with Gasteiger partial charge in [0.2, 0.25) is 5.95 Å². The Morgan fingerprint density at radius 3 is 2.44 bits per heavy atom. The zero-order valence-corrected chi connectivity index (χ0v) is 15.2. The molecule has 2 aromatic carbocycles. The van der Waals surface area contributed by atoms with Crippen molar-refractivity contribution in [1.82, 2.24) is 9.97 Å². The highest BCUT2D eigenvalue weighted by Crippen LogP contribution is 2.25. The van der Waals surface area contributed by atoms with E-state index in [0.717, 1.165) is 30.2 Å². The summed E-state index contributed by atoms with van der Waals surface area (Å²) in [5.74, 6) is 1.38. The Kier molecular flexibility index (Phi) is 5.28. The molecule has 4 nitrogen and oxygen atoms in total. The van der Waals surface area contributed by atoms with Gasteiger partial charge in [-0.2, -0.15) is 4.98 Å². The van der Waals surface area contributed by atoms with Gasteiger partial charge in [0.05, 0.1) is 5.69 Å². The van der Waals surface area contributed by atoms with Crippen molar-refractivity contribution in [2.24, 2.45) is 0 Å². The molecular weight excluding hydrogens is 339 g/mol. The minimum atomic E-state index is -0.170. The number of nitrogens with zero attached hydrogens (tertiary/aromatic N) is 3. The summed E-state index contributed by atoms with van der Waals surface area (Å²) >= 11 is 0. The normalized spacial score (nSPS) is 13.7. The largest absolute Gasteiger partial charge is 0.356 e. The third-order valence-electron chi connectivity index (χ3n) is 4.85. The summed E-state index contributed by atoms with van der Waals surface area (Å²) in [6, 6.07) is 19.1. The summed E-state index contributed by atoms with van der Waals surface area (Å²) in [5, 5.41) is 3.28. The van der Waals surface area contributed by atoms with Crippen LogP contribution in [0.3, 0.4) is 0 Å². The number of anilines is 2. The van der Waals surface area contributed by atoms with Gasteiger partial charge in [0.1, 0.15) is 11.6 Å². The summed E-state index contributed by atoms with van der Waals surface area (Å²) in [4.78, 5) is 11.7. The Morgan fingerprint density at radius 1 is 0.926 bits per heavy atom. The first-order valence-corrected chi connectivity index (χ1v) is 9.46. The molecule has 138 valence electrons. The van der Waals surface area contributed by atoms with Crippen LogP contribution in [0.25, 0.3) is 11.3 Å². The van der Waals surface area contributed by atoms with E-state index >= 15 is 0 Å². The zero-order valence-electron chi connectivity index (χ0n) is 15.2. The lowest BCUT2D eigenvalue weighted by atomic mass is 10.1. The maximum atomic E-state index is 13.8. The van der Waals surface area contributed by atoms with Crippen molar-refractivity contribution in [3.05, 3.63) is 72.0 Å². The molecule has 27 heavy (non-hydrogen) atoms. The highest BCUT2D eigenvalue weighted by Gasteiger charge is 2.16. The smallest absolute Gasteiger partial charge is 0.225 e. The van der Waals surface area contributed by atoms with Gasteiger partial charge >= 0.3 is 0 Å². The van der Waals surface area contributed by atoms with E-state index in [1.54, 1.807) is 6.07 Å². The standard InChI is InChI=1S/C22H23FN4/c23-19-11-5-4-8-17(19)12-13-24-22-25-20(18-9-2-1-3-10-18)16-21(26-22)27-14-6-7-15-27/h1-5,8-11,16H,6-7,12-15H2,(H,24,25,26).